The molecule has 148 valence electrons. The van der Waals surface area contributed by atoms with Crippen molar-refractivity contribution in [2.24, 2.45) is 0 Å². The van der Waals surface area contributed by atoms with Gasteiger partial charge >= 0.3 is 0 Å². The van der Waals surface area contributed by atoms with Crippen LogP contribution in [0.4, 0.5) is 0 Å². The molecule has 3 heterocycles. The van der Waals surface area contributed by atoms with E-state index in [1.54, 1.807) is 12.1 Å². The molecule has 5 aromatic rings. The van der Waals surface area contributed by atoms with Gasteiger partial charge in [-0.3, -0.25) is 9.36 Å². The molecule has 0 N–H and O–H groups in total. The molecule has 0 aliphatic heterocycles. The number of halogens is 1. The molecule has 0 aliphatic rings. The van der Waals surface area contributed by atoms with Gasteiger partial charge in [0.05, 0.1) is 11.7 Å². The molecule has 6 nitrogen and oxygen atoms in total. The predicted octanol–water partition coefficient (Wildman–Crippen LogP) is 5.19. The van der Waals surface area contributed by atoms with Gasteiger partial charge in [-0.05, 0) is 30.2 Å². The number of thiophene rings is 1. The summed E-state index contributed by atoms with van der Waals surface area (Å²) < 4.78 is 6.84. The van der Waals surface area contributed by atoms with Gasteiger partial charge in [0.25, 0.3) is 5.56 Å². The molecular formula is C22H15ClN4O2S. The molecular weight excluding hydrogens is 420 g/mol. The van der Waals surface area contributed by atoms with Crippen molar-refractivity contribution in [2.45, 2.75) is 13.5 Å². The zero-order valence-corrected chi connectivity index (χ0v) is 17.4. The maximum absolute atomic E-state index is 13.1. The average molecular weight is 435 g/mol. The van der Waals surface area contributed by atoms with E-state index in [4.69, 9.17) is 16.1 Å². The van der Waals surface area contributed by atoms with E-state index in [0.29, 0.717) is 22.1 Å². The van der Waals surface area contributed by atoms with E-state index in [0.717, 1.165) is 26.4 Å². The van der Waals surface area contributed by atoms with E-state index >= 15 is 0 Å². The number of hydrogen-bond acceptors (Lipinski definition) is 6. The second-order valence-electron chi connectivity index (χ2n) is 6.80. The van der Waals surface area contributed by atoms with Gasteiger partial charge in [0.15, 0.2) is 0 Å². The first kappa shape index (κ1) is 18.7. The van der Waals surface area contributed by atoms with E-state index in [2.05, 4.69) is 15.1 Å². The fraction of sp³-hybridized carbons (Fsp3) is 0.0909. The van der Waals surface area contributed by atoms with Crippen LogP contribution in [0, 0.1) is 6.92 Å². The monoisotopic (exact) mass is 434 g/mol. The quantitative estimate of drug-likeness (QED) is 0.389. The molecule has 30 heavy (non-hydrogen) atoms. The number of rotatable bonds is 4. The van der Waals surface area contributed by atoms with Gasteiger partial charge < -0.3 is 4.52 Å². The van der Waals surface area contributed by atoms with Crippen molar-refractivity contribution in [3.63, 3.8) is 0 Å². The first-order chi connectivity index (χ1) is 14.6. The molecule has 0 saturated carbocycles. The predicted molar refractivity (Wildman–Crippen MR) is 118 cm³/mol. The molecule has 0 aliphatic carbocycles. The van der Waals surface area contributed by atoms with E-state index in [1.807, 2.05) is 49.4 Å². The SMILES string of the molecule is Cc1c(-c2ccccc2)sc2ncn(Cc3nc(-c4cccc(Cl)c4)no3)c(=O)c12. The third-order valence-corrected chi connectivity index (χ3v) is 6.29. The summed E-state index contributed by atoms with van der Waals surface area (Å²) in [6.07, 6.45) is 1.53. The summed E-state index contributed by atoms with van der Waals surface area (Å²) in [4.78, 5) is 23.8. The Morgan fingerprint density at radius 1 is 1.10 bits per heavy atom. The van der Waals surface area contributed by atoms with Gasteiger partial charge in [0, 0.05) is 15.5 Å². The summed E-state index contributed by atoms with van der Waals surface area (Å²) >= 11 is 7.55. The highest BCUT2D eigenvalue weighted by molar-refractivity contribution is 7.22. The summed E-state index contributed by atoms with van der Waals surface area (Å²) in [6.45, 7) is 2.10. The second kappa shape index (κ2) is 7.51. The fourth-order valence-electron chi connectivity index (χ4n) is 3.35. The Bertz CT molecular complexity index is 1420. The van der Waals surface area contributed by atoms with Crippen LogP contribution in [0.1, 0.15) is 11.5 Å². The van der Waals surface area contributed by atoms with Crippen molar-refractivity contribution in [1.82, 2.24) is 19.7 Å². The highest BCUT2D eigenvalue weighted by Gasteiger charge is 2.17. The Morgan fingerprint density at radius 2 is 1.90 bits per heavy atom. The maximum atomic E-state index is 13.1. The lowest BCUT2D eigenvalue weighted by Gasteiger charge is -2.02. The standard InChI is InChI=1S/C22H15ClN4O2S/c1-13-18-21(30-19(13)14-6-3-2-4-7-14)24-12-27(22(18)28)11-17-25-20(26-29-17)15-8-5-9-16(23)10-15/h2-10,12H,11H2,1H3. The second-order valence-corrected chi connectivity index (χ2v) is 8.24. The Morgan fingerprint density at radius 3 is 2.70 bits per heavy atom. The van der Waals surface area contributed by atoms with Gasteiger partial charge in [-0.25, -0.2) is 4.98 Å². The van der Waals surface area contributed by atoms with Crippen LogP contribution in [0.25, 0.3) is 32.0 Å². The van der Waals surface area contributed by atoms with Crippen molar-refractivity contribution >= 4 is 33.2 Å². The Kier molecular flexibility index (Phi) is 4.69. The molecule has 0 bridgehead atoms. The molecule has 3 aromatic heterocycles. The van der Waals surface area contributed by atoms with E-state index in [-0.39, 0.29) is 12.1 Å². The summed E-state index contributed by atoms with van der Waals surface area (Å²) in [5.74, 6) is 0.747. The van der Waals surface area contributed by atoms with Crippen molar-refractivity contribution in [1.29, 1.82) is 0 Å². The van der Waals surface area contributed by atoms with Crippen LogP contribution in [0.3, 0.4) is 0 Å². The lowest BCUT2D eigenvalue weighted by molar-refractivity contribution is 0.369. The van der Waals surface area contributed by atoms with Crippen LogP contribution in [0.2, 0.25) is 5.02 Å². The van der Waals surface area contributed by atoms with Crippen LogP contribution < -0.4 is 5.56 Å². The van der Waals surface area contributed by atoms with Gasteiger partial charge in [-0.1, -0.05) is 59.2 Å². The minimum atomic E-state index is -0.126. The highest BCUT2D eigenvalue weighted by atomic mass is 35.5. The average Bonchev–Trinajstić information content (AvgIpc) is 3.36. The Hall–Kier alpha value is -3.29. The maximum Gasteiger partial charge on any atom is 0.262 e. The number of aryl methyl sites for hydroxylation is 1. The van der Waals surface area contributed by atoms with Gasteiger partial charge in [-0.2, -0.15) is 4.98 Å². The minimum absolute atomic E-state index is 0.126. The summed E-state index contributed by atoms with van der Waals surface area (Å²) in [6, 6.07) is 17.2. The van der Waals surface area contributed by atoms with Gasteiger partial charge in [0.1, 0.15) is 11.4 Å². The summed E-state index contributed by atoms with van der Waals surface area (Å²) in [5.41, 5.74) is 2.63. The molecule has 5 rings (SSSR count). The fourth-order valence-corrected chi connectivity index (χ4v) is 4.68. The normalized spacial score (nSPS) is 11.3. The molecule has 0 fully saturated rings. The van der Waals surface area contributed by atoms with E-state index in [9.17, 15) is 4.79 Å². The number of aromatic nitrogens is 4. The Labute approximate surface area is 180 Å². The number of nitrogens with zero attached hydrogens (tertiary/aromatic N) is 4. The smallest absolute Gasteiger partial charge is 0.262 e. The molecule has 0 radical (unpaired) electrons. The van der Waals surface area contributed by atoms with Crippen LogP contribution in [0.5, 0.6) is 0 Å². The van der Waals surface area contributed by atoms with Crippen LogP contribution in [0.15, 0.2) is 70.2 Å². The number of hydrogen-bond donors (Lipinski definition) is 0. The third-order valence-electron chi connectivity index (χ3n) is 4.81. The first-order valence-corrected chi connectivity index (χ1v) is 10.4. The zero-order valence-electron chi connectivity index (χ0n) is 15.9. The first-order valence-electron chi connectivity index (χ1n) is 9.22. The molecule has 0 atom stereocenters. The van der Waals surface area contributed by atoms with Crippen LogP contribution in [-0.2, 0) is 6.54 Å². The third kappa shape index (κ3) is 3.32. The lowest BCUT2D eigenvalue weighted by Crippen LogP contribution is -2.21. The van der Waals surface area contributed by atoms with Gasteiger partial charge in [0.2, 0.25) is 11.7 Å². The van der Waals surface area contributed by atoms with Crippen LogP contribution in [-0.4, -0.2) is 19.7 Å². The number of benzene rings is 2. The topological polar surface area (TPSA) is 73.8 Å². The molecule has 0 spiro atoms. The van der Waals surface area contributed by atoms with E-state index < -0.39 is 0 Å². The van der Waals surface area contributed by atoms with Gasteiger partial charge in [-0.15, -0.1) is 11.3 Å². The molecule has 0 amide bonds. The van der Waals surface area contributed by atoms with Crippen molar-refractivity contribution < 1.29 is 4.52 Å². The Balaban J connectivity index is 1.51. The largest absolute Gasteiger partial charge is 0.337 e. The summed E-state index contributed by atoms with van der Waals surface area (Å²) in [7, 11) is 0. The molecule has 0 saturated heterocycles. The molecule has 2 aromatic carbocycles. The van der Waals surface area contributed by atoms with E-state index in [1.165, 1.54) is 22.2 Å². The zero-order chi connectivity index (χ0) is 20.7. The summed E-state index contributed by atoms with van der Waals surface area (Å²) in [5, 5.41) is 5.21. The van der Waals surface area contributed by atoms with Crippen molar-refractivity contribution in [2.75, 3.05) is 0 Å². The number of fused-ring (bicyclic) bond motifs is 1. The molecule has 0 unspecified atom stereocenters. The van der Waals surface area contributed by atoms with Crippen molar-refractivity contribution in [3.8, 4) is 21.8 Å². The van der Waals surface area contributed by atoms with Crippen LogP contribution >= 0.6 is 22.9 Å². The highest BCUT2D eigenvalue weighted by Crippen LogP contribution is 2.35. The minimum Gasteiger partial charge on any atom is -0.337 e. The van der Waals surface area contributed by atoms with Crippen molar-refractivity contribution in [3.05, 3.63) is 87.8 Å². The molecule has 8 heteroatoms. The lowest BCUT2D eigenvalue weighted by atomic mass is 10.1.